The first-order valence-electron chi connectivity index (χ1n) is 4.98. The van der Waals surface area contributed by atoms with Gasteiger partial charge in [0.1, 0.15) is 0 Å². The van der Waals surface area contributed by atoms with Crippen LogP contribution in [0.3, 0.4) is 0 Å². The summed E-state index contributed by atoms with van der Waals surface area (Å²) in [6.07, 6.45) is 0.941. The zero-order valence-electron chi connectivity index (χ0n) is 8.48. The van der Waals surface area contributed by atoms with Crippen LogP contribution in [0.4, 0.5) is 5.69 Å². The number of nitrogens with two attached hydrogens (primary N) is 1. The zero-order valence-corrected chi connectivity index (χ0v) is 8.48. The summed E-state index contributed by atoms with van der Waals surface area (Å²) in [7, 11) is 0. The van der Waals surface area contributed by atoms with Crippen molar-refractivity contribution in [3.05, 3.63) is 65.7 Å². The van der Waals surface area contributed by atoms with E-state index in [1.165, 1.54) is 11.1 Å². The fourth-order valence-corrected chi connectivity index (χ4v) is 1.60. The van der Waals surface area contributed by atoms with Crippen molar-refractivity contribution in [3.8, 4) is 0 Å². The highest BCUT2D eigenvalue weighted by Crippen LogP contribution is 2.13. The average molecular weight is 198 g/mol. The minimum atomic E-state index is 0.941. The number of hydrazine groups is 1. The van der Waals surface area contributed by atoms with Gasteiger partial charge in [-0.3, -0.25) is 5.84 Å². The summed E-state index contributed by atoms with van der Waals surface area (Å²) in [6.45, 7) is 0. The Bertz CT molecular complexity index is 424. The van der Waals surface area contributed by atoms with Gasteiger partial charge in [-0.2, -0.15) is 0 Å². The van der Waals surface area contributed by atoms with Crippen molar-refractivity contribution < 1.29 is 0 Å². The van der Waals surface area contributed by atoms with Gasteiger partial charge in [0.05, 0.1) is 0 Å². The van der Waals surface area contributed by atoms with Crippen LogP contribution in [0.25, 0.3) is 0 Å². The molecule has 0 heterocycles. The molecule has 0 spiro atoms. The van der Waals surface area contributed by atoms with Gasteiger partial charge < -0.3 is 5.43 Å². The van der Waals surface area contributed by atoms with Crippen molar-refractivity contribution in [1.29, 1.82) is 0 Å². The van der Waals surface area contributed by atoms with Crippen molar-refractivity contribution in [2.45, 2.75) is 6.42 Å². The second-order valence-electron chi connectivity index (χ2n) is 3.51. The molecule has 0 radical (unpaired) electrons. The van der Waals surface area contributed by atoms with E-state index in [1.807, 2.05) is 18.2 Å². The zero-order chi connectivity index (χ0) is 10.5. The summed E-state index contributed by atoms with van der Waals surface area (Å²) in [5.74, 6) is 5.36. The molecule has 3 N–H and O–H groups in total. The molecule has 0 saturated heterocycles. The van der Waals surface area contributed by atoms with Gasteiger partial charge in [-0.1, -0.05) is 42.5 Å². The number of hydrogen-bond donors (Lipinski definition) is 2. The van der Waals surface area contributed by atoms with Crippen LogP contribution in [0.2, 0.25) is 0 Å². The molecular formula is C13H14N2. The molecule has 76 valence electrons. The first-order valence-corrected chi connectivity index (χ1v) is 4.98. The van der Waals surface area contributed by atoms with E-state index in [0.29, 0.717) is 0 Å². The maximum Gasteiger partial charge on any atom is 0.0487 e. The largest absolute Gasteiger partial charge is 0.324 e. The van der Waals surface area contributed by atoms with Crippen molar-refractivity contribution in [2.75, 3.05) is 5.43 Å². The predicted molar refractivity (Wildman–Crippen MR) is 63.5 cm³/mol. The second-order valence-corrected chi connectivity index (χ2v) is 3.51. The van der Waals surface area contributed by atoms with Crippen LogP contribution in [0.15, 0.2) is 54.6 Å². The van der Waals surface area contributed by atoms with E-state index >= 15 is 0 Å². The van der Waals surface area contributed by atoms with E-state index < -0.39 is 0 Å². The van der Waals surface area contributed by atoms with E-state index in [9.17, 15) is 0 Å². The SMILES string of the molecule is NNc1cccc(Cc2ccccc2)c1. The monoisotopic (exact) mass is 198 g/mol. The Hall–Kier alpha value is -1.80. The van der Waals surface area contributed by atoms with E-state index in [-0.39, 0.29) is 0 Å². The third-order valence-electron chi connectivity index (χ3n) is 2.34. The summed E-state index contributed by atoms with van der Waals surface area (Å²) in [5.41, 5.74) is 6.17. The van der Waals surface area contributed by atoms with Gasteiger partial charge in [-0.15, -0.1) is 0 Å². The van der Waals surface area contributed by atoms with Gasteiger partial charge >= 0.3 is 0 Å². The molecule has 2 rings (SSSR count). The molecule has 2 nitrogen and oxygen atoms in total. The van der Waals surface area contributed by atoms with Crippen LogP contribution in [0.5, 0.6) is 0 Å². The van der Waals surface area contributed by atoms with Gasteiger partial charge in [-0.25, -0.2) is 0 Å². The van der Waals surface area contributed by atoms with Crippen LogP contribution >= 0.6 is 0 Å². The molecule has 0 aliphatic carbocycles. The number of nitrogens with one attached hydrogen (secondary N) is 1. The fraction of sp³-hybridized carbons (Fsp3) is 0.0769. The third kappa shape index (κ3) is 2.58. The van der Waals surface area contributed by atoms with Crippen molar-refractivity contribution in [3.63, 3.8) is 0 Å². The topological polar surface area (TPSA) is 38.0 Å². The maximum absolute atomic E-state index is 5.36. The summed E-state index contributed by atoms with van der Waals surface area (Å²) in [5, 5.41) is 0. The van der Waals surface area contributed by atoms with Gasteiger partial charge in [0, 0.05) is 5.69 Å². The number of anilines is 1. The van der Waals surface area contributed by atoms with Gasteiger partial charge in [0.2, 0.25) is 0 Å². The summed E-state index contributed by atoms with van der Waals surface area (Å²) < 4.78 is 0. The lowest BCUT2D eigenvalue weighted by Gasteiger charge is -2.04. The molecule has 2 aromatic rings. The van der Waals surface area contributed by atoms with Crippen LogP contribution in [0, 0.1) is 0 Å². The summed E-state index contributed by atoms with van der Waals surface area (Å²) >= 11 is 0. The molecule has 0 fully saturated rings. The van der Waals surface area contributed by atoms with Gasteiger partial charge in [-0.05, 0) is 29.7 Å². The molecule has 15 heavy (non-hydrogen) atoms. The first kappa shape index (κ1) is 9.74. The van der Waals surface area contributed by atoms with Crippen LogP contribution < -0.4 is 11.3 Å². The summed E-state index contributed by atoms with van der Waals surface area (Å²) in [4.78, 5) is 0. The minimum absolute atomic E-state index is 0.941. The van der Waals surface area contributed by atoms with E-state index in [0.717, 1.165) is 12.1 Å². The lowest BCUT2D eigenvalue weighted by Crippen LogP contribution is -2.06. The van der Waals surface area contributed by atoms with Crippen molar-refractivity contribution in [2.24, 2.45) is 5.84 Å². The Kier molecular flexibility index (Phi) is 3.00. The highest BCUT2D eigenvalue weighted by molar-refractivity contribution is 5.45. The third-order valence-corrected chi connectivity index (χ3v) is 2.34. The molecule has 0 aromatic heterocycles. The molecule has 2 aromatic carbocycles. The van der Waals surface area contributed by atoms with Crippen molar-refractivity contribution >= 4 is 5.69 Å². The van der Waals surface area contributed by atoms with Crippen molar-refractivity contribution in [1.82, 2.24) is 0 Å². The fourth-order valence-electron chi connectivity index (χ4n) is 1.60. The molecule has 2 heteroatoms. The molecule has 0 saturated carbocycles. The molecular weight excluding hydrogens is 184 g/mol. The van der Waals surface area contributed by atoms with Gasteiger partial charge in [0.15, 0.2) is 0 Å². The number of benzene rings is 2. The van der Waals surface area contributed by atoms with E-state index in [4.69, 9.17) is 5.84 Å². The maximum atomic E-state index is 5.36. The van der Waals surface area contributed by atoms with E-state index in [1.54, 1.807) is 0 Å². The highest BCUT2D eigenvalue weighted by atomic mass is 15.2. The van der Waals surface area contributed by atoms with Crippen LogP contribution in [0.1, 0.15) is 11.1 Å². The molecule has 0 bridgehead atoms. The quantitative estimate of drug-likeness (QED) is 0.587. The highest BCUT2D eigenvalue weighted by Gasteiger charge is 1.96. The lowest BCUT2D eigenvalue weighted by molar-refractivity contribution is 1.19. The number of rotatable bonds is 3. The Labute approximate surface area is 89.7 Å². The molecule has 0 atom stereocenters. The number of nitrogen functional groups attached to an aromatic ring is 1. The van der Waals surface area contributed by atoms with E-state index in [2.05, 4.69) is 41.8 Å². The Morgan fingerprint density at radius 3 is 2.33 bits per heavy atom. The van der Waals surface area contributed by atoms with Gasteiger partial charge in [0.25, 0.3) is 0 Å². The second kappa shape index (κ2) is 4.62. The molecule has 0 unspecified atom stereocenters. The average Bonchev–Trinajstić information content (AvgIpc) is 2.31. The predicted octanol–water partition coefficient (Wildman–Crippen LogP) is 2.56. The first-order chi connectivity index (χ1) is 7.38. The standard InChI is InChI=1S/C13H14N2/c14-15-13-8-4-7-12(10-13)9-11-5-2-1-3-6-11/h1-8,10,15H,9,14H2. The summed E-state index contributed by atoms with van der Waals surface area (Å²) in [6, 6.07) is 18.5. The Morgan fingerprint density at radius 2 is 1.60 bits per heavy atom. The van der Waals surface area contributed by atoms with Crippen LogP contribution in [-0.4, -0.2) is 0 Å². The smallest absolute Gasteiger partial charge is 0.0487 e. The minimum Gasteiger partial charge on any atom is -0.324 e. The number of hydrogen-bond acceptors (Lipinski definition) is 2. The molecule has 0 aliphatic rings. The Morgan fingerprint density at radius 1 is 0.867 bits per heavy atom. The van der Waals surface area contributed by atoms with Crippen LogP contribution in [-0.2, 0) is 6.42 Å². The normalized spacial score (nSPS) is 9.93. The molecule has 0 amide bonds. The molecule has 0 aliphatic heterocycles. The lowest BCUT2D eigenvalue weighted by atomic mass is 10.0. The Balaban J connectivity index is 2.17.